The van der Waals surface area contributed by atoms with Gasteiger partial charge in [-0.15, -0.1) is 0 Å². The third-order valence-corrected chi connectivity index (χ3v) is 3.65. The number of aliphatic hydroxyl groups excluding tert-OH is 1. The Morgan fingerprint density at radius 1 is 1.14 bits per heavy atom. The molecular weight excluding hydrogens is 266 g/mol. The highest BCUT2D eigenvalue weighted by Gasteiger charge is 2.22. The minimum Gasteiger partial charge on any atom is -0.493 e. The van der Waals surface area contributed by atoms with Gasteiger partial charge in [0.1, 0.15) is 0 Å². The van der Waals surface area contributed by atoms with E-state index in [0.717, 1.165) is 17.9 Å². The molecule has 2 N–H and O–H groups in total. The van der Waals surface area contributed by atoms with Crippen molar-refractivity contribution >= 4 is 0 Å². The topological polar surface area (TPSA) is 50.7 Å². The lowest BCUT2D eigenvalue weighted by Crippen LogP contribution is -2.40. The Labute approximate surface area is 128 Å². The monoisotopic (exact) mass is 295 g/mol. The van der Waals surface area contributed by atoms with Crippen LogP contribution in [0.1, 0.15) is 33.3 Å². The van der Waals surface area contributed by atoms with Crippen LogP contribution in [0.5, 0.6) is 11.5 Å². The van der Waals surface area contributed by atoms with Gasteiger partial charge in [-0.3, -0.25) is 0 Å². The Bertz CT molecular complexity index is 440. The van der Waals surface area contributed by atoms with Gasteiger partial charge in [0.15, 0.2) is 11.5 Å². The molecule has 1 aromatic carbocycles. The highest BCUT2D eigenvalue weighted by molar-refractivity contribution is 5.43. The molecule has 0 spiro atoms. The van der Waals surface area contributed by atoms with E-state index in [2.05, 4.69) is 12.2 Å². The molecule has 2 atom stereocenters. The van der Waals surface area contributed by atoms with E-state index in [1.807, 2.05) is 39.0 Å². The Kier molecular flexibility index (Phi) is 6.49. The van der Waals surface area contributed by atoms with Crippen molar-refractivity contribution in [2.75, 3.05) is 20.8 Å². The molecule has 0 aliphatic carbocycles. The Morgan fingerprint density at radius 3 is 2.29 bits per heavy atom. The van der Waals surface area contributed by atoms with Crippen molar-refractivity contribution in [3.63, 3.8) is 0 Å². The maximum atomic E-state index is 10.1. The summed E-state index contributed by atoms with van der Waals surface area (Å²) >= 11 is 0. The minimum absolute atomic E-state index is 0.101. The SMILES string of the molecule is COc1ccc(CC(C)NCC(O)C(C)(C)C)cc1OC. The molecule has 0 bridgehead atoms. The largest absolute Gasteiger partial charge is 0.493 e. The predicted octanol–water partition coefficient (Wildman–Crippen LogP) is 2.63. The van der Waals surface area contributed by atoms with Gasteiger partial charge in [-0.1, -0.05) is 26.8 Å². The van der Waals surface area contributed by atoms with E-state index in [1.165, 1.54) is 5.56 Å². The number of nitrogens with one attached hydrogen (secondary N) is 1. The number of hydrogen-bond donors (Lipinski definition) is 2. The second-order valence-electron chi connectivity index (χ2n) is 6.58. The van der Waals surface area contributed by atoms with Gasteiger partial charge in [0, 0.05) is 12.6 Å². The normalized spacial score (nSPS) is 14.6. The maximum absolute atomic E-state index is 10.1. The lowest BCUT2D eigenvalue weighted by molar-refractivity contribution is 0.0609. The van der Waals surface area contributed by atoms with Crippen molar-refractivity contribution in [1.29, 1.82) is 0 Å². The molecule has 4 heteroatoms. The van der Waals surface area contributed by atoms with Crippen LogP contribution in [-0.2, 0) is 6.42 Å². The molecule has 1 rings (SSSR count). The molecule has 0 amide bonds. The predicted molar refractivity (Wildman–Crippen MR) is 86.2 cm³/mol. The van der Waals surface area contributed by atoms with E-state index in [0.29, 0.717) is 6.54 Å². The quantitative estimate of drug-likeness (QED) is 0.812. The van der Waals surface area contributed by atoms with Gasteiger partial charge in [-0.05, 0) is 36.5 Å². The third-order valence-electron chi connectivity index (χ3n) is 3.65. The van der Waals surface area contributed by atoms with Gasteiger partial charge in [-0.2, -0.15) is 0 Å². The van der Waals surface area contributed by atoms with E-state index < -0.39 is 0 Å². The first-order chi connectivity index (χ1) is 9.77. The van der Waals surface area contributed by atoms with Crippen LogP contribution in [0.2, 0.25) is 0 Å². The summed E-state index contributed by atoms with van der Waals surface area (Å²) in [4.78, 5) is 0. The van der Waals surface area contributed by atoms with Gasteiger partial charge in [0.25, 0.3) is 0 Å². The summed E-state index contributed by atoms with van der Waals surface area (Å²) in [5.41, 5.74) is 1.08. The number of benzene rings is 1. The van der Waals surface area contributed by atoms with Gasteiger partial charge in [0.05, 0.1) is 20.3 Å². The highest BCUT2D eigenvalue weighted by Crippen LogP contribution is 2.28. The molecule has 0 aliphatic rings. The van der Waals surface area contributed by atoms with E-state index in [1.54, 1.807) is 14.2 Å². The Morgan fingerprint density at radius 2 is 1.76 bits per heavy atom. The number of ether oxygens (including phenoxy) is 2. The van der Waals surface area contributed by atoms with Gasteiger partial charge < -0.3 is 19.9 Å². The molecule has 0 saturated heterocycles. The van der Waals surface area contributed by atoms with Crippen molar-refractivity contribution in [2.24, 2.45) is 5.41 Å². The van der Waals surface area contributed by atoms with E-state index in [4.69, 9.17) is 9.47 Å². The average Bonchev–Trinajstić information content (AvgIpc) is 2.43. The fourth-order valence-electron chi connectivity index (χ4n) is 2.05. The van der Waals surface area contributed by atoms with E-state index >= 15 is 0 Å². The molecule has 0 aliphatic heterocycles. The first-order valence-corrected chi connectivity index (χ1v) is 7.40. The number of rotatable bonds is 7. The zero-order valence-electron chi connectivity index (χ0n) is 14.1. The second-order valence-corrected chi connectivity index (χ2v) is 6.58. The van der Waals surface area contributed by atoms with Crippen LogP contribution in [0.4, 0.5) is 0 Å². The summed E-state index contributed by atoms with van der Waals surface area (Å²) in [7, 11) is 3.28. The van der Waals surface area contributed by atoms with Crippen molar-refractivity contribution < 1.29 is 14.6 Å². The molecule has 2 unspecified atom stereocenters. The number of hydrogen-bond acceptors (Lipinski definition) is 4. The van der Waals surface area contributed by atoms with E-state index in [9.17, 15) is 5.11 Å². The van der Waals surface area contributed by atoms with E-state index in [-0.39, 0.29) is 17.6 Å². The van der Waals surface area contributed by atoms with Crippen LogP contribution in [0.3, 0.4) is 0 Å². The third kappa shape index (κ3) is 5.56. The molecule has 0 aromatic heterocycles. The van der Waals surface area contributed by atoms with Gasteiger partial charge in [0.2, 0.25) is 0 Å². The summed E-state index contributed by atoms with van der Waals surface area (Å²) < 4.78 is 10.6. The zero-order valence-corrected chi connectivity index (χ0v) is 14.1. The van der Waals surface area contributed by atoms with Crippen LogP contribution in [0.25, 0.3) is 0 Å². The fourth-order valence-corrected chi connectivity index (χ4v) is 2.05. The lowest BCUT2D eigenvalue weighted by atomic mass is 9.89. The molecule has 120 valence electrons. The summed E-state index contributed by atoms with van der Waals surface area (Å²) in [6, 6.07) is 6.24. The maximum Gasteiger partial charge on any atom is 0.160 e. The average molecular weight is 295 g/mol. The number of aliphatic hydroxyl groups is 1. The smallest absolute Gasteiger partial charge is 0.160 e. The molecular formula is C17H29NO3. The first kappa shape index (κ1) is 17.8. The molecule has 21 heavy (non-hydrogen) atoms. The highest BCUT2D eigenvalue weighted by atomic mass is 16.5. The Balaban J connectivity index is 2.57. The molecule has 0 radical (unpaired) electrons. The number of methoxy groups -OCH3 is 2. The van der Waals surface area contributed by atoms with Crippen LogP contribution in [0, 0.1) is 5.41 Å². The van der Waals surface area contributed by atoms with Crippen LogP contribution in [-0.4, -0.2) is 38.0 Å². The van der Waals surface area contributed by atoms with Crippen LogP contribution in [0.15, 0.2) is 18.2 Å². The van der Waals surface area contributed by atoms with Crippen molar-refractivity contribution in [3.8, 4) is 11.5 Å². The molecule has 1 aromatic rings. The summed E-state index contributed by atoms with van der Waals surface area (Å²) in [5.74, 6) is 1.49. The Hall–Kier alpha value is -1.26. The first-order valence-electron chi connectivity index (χ1n) is 7.40. The summed E-state index contributed by atoms with van der Waals surface area (Å²) in [6.45, 7) is 8.83. The molecule has 0 saturated carbocycles. The van der Waals surface area contributed by atoms with Crippen LogP contribution < -0.4 is 14.8 Å². The summed E-state index contributed by atoms with van der Waals surface area (Å²) in [5, 5.41) is 13.4. The molecule has 4 nitrogen and oxygen atoms in total. The zero-order chi connectivity index (χ0) is 16.0. The van der Waals surface area contributed by atoms with Gasteiger partial charge >= 0.3 is 0 Å². The second kappa shape index (κ2) is 7.66. The van der Waals surface area contributed by atoms with Crippen molar-refractivity contribution in [1.82, 2.24) is 5.32 Å². The molecule has 0 fully saturated rings. The standard InChI is InChI=1S/C17H29NO3/c1-12(18-11-16(19)17(2,3)4)9-13-7-8-14(20-5)15(10-13)21-6/h7-8,10,12,16,18-19H,9,11H2,1-6H3. The fraction of sp³-hybridized carbons (Fsp3) is 0.647. The van der Waals surface area contributed by atoms with Gasteiger partial charge in [-0.25, -0.2) is 0 Å². The summed E-state index contributed by atoms with van der Waals surface area (Å²) in [6.07, 6.45) is 0.516. The molecule has 0 heterocycles. The van der Waals surface area contributed by atoms with Crippen molar-refractivity contribution in [2.45, 2.75) is 46.3 Å². The van der Waals surface area contributed by atoms with Crippen LogP contribution >= 0.6 is 0 Å². The van der Waals surface area contributed by atoms with Crippen molar-refractivity contribution in [3.05, 3.63) is 23.8 Å². The lowest BCUT2D eigenvalue weighted by Gasteiger charge is -2.27. The minimum atomic E-state index is -0.356.